The van der Waals surface area contributed by atoms with Crippen LogP contribution >= 0.6 is 0 Å². The molecule has 22 heavy (non-hydrogen) atoms. The average molecular weight is 314 g/mol. The molecular weight excluding hydrogens is 284 g/mol. The van der Waals surface area contributed by atoms with Crippen LogP contribution < -0.4 is 10.6 Å². The molecular formula is C16H30N2O4. The number of amides is 2. The Bertz CT molecular complexity index is 332. The van der Waals surface area contributed by atoms with Crippen molar-refractivity contribution in [1.82, 2.24) is 10.6 Å². The predicted molar refractivity (Wildman–Crippen MR) is 85.5 cm³/mol. The Kier molecular flexibility index (Phi) is 13.3. The summed E-state index contributed by atoms with van der Waals surface area (Å²) in [5.41, 5.74) is 0. The molecule has 0 aromatic heterocycles. The van der Waals surface area contributed by atoms with Crippen LogP contribution in [-0.2, 0) is 14.4 Å². The van der Waals surface area contributed by atoms with E-state index < -0.39 is 5.97 Å². The summed E-state index contributed by atoms with van der Waals surface area (Å²) in [5, 5.41) is 13.7. The van der Waals surface area contributed by atoms with Crippen LogP contribution in [0, 0.1) is 0 Å². The third-order valence-electron chi connectivity index (χ3n) is 3.35. The van der Waals surface area contributed by atoms with Gasteiger partial charge in [-0.05, 0) is 19.3 Å². The molecule has 0 radical (unpaired) electrons. The fourth-order valence-corrected chi connectivity index (χ4v) is 2.03. The summed E-state index contributed by atoms with van der Waals surface area (Å²) in [5.74, 6) is -1.08. The number of carbonyl (C=O) groups excluding carboxylic acids is 2. The van der Waals surface area contributed by atoms with E-state index >= 15 is 0 Å². The van der Waals surface area contributed by atoms with Crippen LogP contribution in [0.15, 0.2) is 0 Å². The fourth-order valence-electron chi connectivity index (χ4n) is 2.03. The Hall–Kier alpha value is -1.59. The lowest BCUT2D eigenvalue weighted by Gasteiger charge is -2.04. The van der Waals surface area contributed by atoms with Gasteiger partial charge < -0.3 is 15.7 Å². The van der Waals surface area contributed by atoms with Gasteiger partial charge >= 0.3 is 5.97 Å². The number of rotatable bonds is 14. The lowest BCUT2D eigenvalue weighted by Crippen LogP contribution is -2.28. The zero-order valence-electron chi connectivity index (χ0n) is 13.7. The molecule has 0 unspecified atom stereocenters. The van der Waals surface area contributed by atoms with Crippen molar-refractivity contribution in [3.63, 3.8) is 0 Å². The van der Waals surface area contributed by atoms with E-state index in [1.165, 1.54) is 0 Å². The van der Waals surface area contributed by atoms with E-state index in [0.29, 0.717) is 12.8 Å². The maximum atomic E-state index is 11.4. The van der Waals surface area contributed by atoms with Gasteiger partial charge in [-0.1, -0.05) is 39.0 Å². The molecule has 0 bridgehead atoms. The van der Waals surface area contributed by atoms with E-state index in [1.54, 1.807) is 0 Å². The molecule has 0 saturated carbocycles. The first-order chi connectivity index (χ1) is 10.6. The van der Waals surface area contributed by atoms with Gasteiger partial charge in [0.1, 0.15) is 6.54 Å². The summed E-state index contributed by atoms with van der Waals surface area (Å²) >= 11 is 0. The highest BCUT2D eigenvalue weighted by Gasteiger charge is 2.03. The third kappa shape index (κ3) is 14.8. The van der Waals surface area contributed by atoms with Crippen LogP contribution in [0.2, 0.25) is 0 Å². The van der Waals surface area contributed by atoms with Gasteiger partial charge in [0, 0.05) is 19.4 Å². The fraction of sp³-hybridized carbons (Fsp3) is 0.812. The Balaban J connectivity index is 3.28. The number of hydrogen-bond donors (Lipinski definition) is 3. The summed E-state index contributed by atoms with van der Waals surface area (Å²) < 4.78 is 0. The molecule has 6 heteroatoms. The second-order valence-electron chi connectivity index (χ2n) is 5.50. The van der Waals surface area contributed by atoms with E-state index in [9.17, 15) is 14.4 Å². The highest BCUT2D eigenvalue weighted by molar-refractivity contribution is 5.80. The van der Waals surface area contributed by atoms with Crippen molar-refractivity contribution in [3.05, 3.63) is 0 Å². The minimum Gasteiger partial charge on any atom is -0.480 e. The molecule has 0 fully saturated rings. The standard InChI is InChI=1S/C16H30N2O4/c1-2-3-12-17-14(19)10-8-6-4-5-7-9-11-15(20)18-13-16(21)22/h2-13H2,1H3,(H,17,19)(H,18,20)(H,21,22). The maximum Gasteiger partial charge on any atom is 0.322 e. The molecule has 0 aromatic rings. The summed E-state index contributed by atoms with van der Waals surface area (Å²) in [6, 6.07) is 0. The van der Waals surface area contributed by atoms with Crippen LogP contribution in [0.25, 0.3) is 0 Å². The monoisotopic (exact) mass is 314 g/mol. The topological polar surface area (TPSA) is 95.5 Å². The van der Waals surface area contributed by atoms with Crippen molar-refractivity contribution >= 4 is 17.8 Å². The Labute approximate surface area is 133 Å². The van der Waals surface area contributed by atoms with Crippen LogP contribution in [0.3, 0.4) is 0 Å². The Morgan fingerprint density at radius 3 is 1.77 bits per heavy atom. The van der Waals surface area contributed by atoms with Crippen molar-refractivity contribution in [2.24, 2.45) is 0 Å². The van der Waals surface area contributed by atoms with Gasteiger partial charge in [-0.3, -0.25) is 14.4 Å². The summed E-state index contributed by atoms with van der Waals surface area (Å²) in [6.07, 6.45) is 8.91. The second kappa shape index (κ2) is 14.4. The van der Waals surface area contributed by atoms with E-state index in [-0.39, 0.29) is 18.4 Å². The lowest BCUT2D eigenvalue weighted by molar-refractivity contribution is -0.138. The molecule has 0 rings (SSSR count). The summed E-state index contributed by atoms with van der Waals surface area (Å²) in [4.78, 5) is 32.9. The SMILES string of the molecule is CCCCNC(=O)CCCCCCCCC(=O)NCC(=O)O. The quantitative estimate of drug-likeness (QED) is 0.428. The molecule has 6 nitrogen and oxygen atoms in total. The summed E-state index contributed by atoms with van der Waals surface area (Å²) in [7, 11) is 0. The number of carboxylic acids is 1. The maximum absolute atomic E-state index is 11.4. The van der Waals surface area contributed by atoms with E-state index in [0.717, 1.165) is 57.9 Å². The smallest absolute Gasteiger partial charge is 0.322 e. The molecule has 0 aliphatic carbocycles. The van der Waals surface area contributed by atoms with Gasteiger partial charge in [-0.15, -0.1) is 0 Å². The van der Waals surface area contributed by atoms with Crippen LogP contribution in [0.5, 0.6) is 0 Å². The molecule has 3 N–H and O–H groups in total. The molecule has 0 saturated heterocycles. The van der Waals surface area contributed by atoms with Crippen molar-refractivity contribution in [1.29, 1.82) is 0 Å². The minimum absolute atomic E-state index is 0.142. The molecule has 0 atom stereocenters. The van der Waals surface area contributed by atoms with Gasteiger partial charge in [-0.2, -0.15) is 0 Å². The summed E-state index contributed by atoms with van der Waals surface area (Å²) in [6.45, 7) is 2.57. The highest BCUT2D eigenvalue weighted by Crippen LogP contribution is 2.08. The van der Waals surface area contributed by atoms with E-state index in [4.69, 9.17) is 5.11 Å². The Morgan fingerprint density at radius 2 is 1.27 bits per heavy atom. The normalized spacial score (nSPS) is 10.2. The highest BCUT2D eigenvalue weighted by atomic mass is 16.4. The zero-order valence-corrected chi connectivity index (χ0v) is 13.7. The first-order valence-corrected chi connectivity index (χ1v) is 8.31. The zero-order chi connectivity index (χ0) is 16.6. The lowest BCUT2D eigenvalue weighted by atomic mass is 10.1. The number of hydrogen-bond acceptors (Lipinski definition) is 3. The molecule has 0 aliphatic rings. The van der Waals surface area contributed by atoms with Gasteiger partial charge in [0.2, 0.25) is 11.8 Å². The van der Waals surface area contributed by atoms with Crippen molar-refractivity contribution in [2.45, 2.75) is 71.1 Å². The largest absolute Gasteiger partial charge is 0.480 e. The molecule has 0 heterocycles. The number of aliphatic carboxylic acids is 1. The van der Waals surface area contributed by atoms with Crippen LogP contribution in [-0.4, -0.2) is 36.0 Å². The van der Waals surface area contributed by atoms with Crippen LogP contribution in [0.1, 0.15) is 71.1 Å². The predicted octanol–water partition coefficient (Wildman–Crippen LogP) is 2.22. The molecule has 0 aromatic carbocycles. The van der Waals surface area contributed by atoms with Gasteiger partial charge in [-0.25, -0.2) is 0 Å². The number of carbonyl (C=O) groups is 3. The Morgan fingerprint density at radius 1 is 0.773 bits per heavy atom. The first-order valence-electron chi connectivity index (χ1n) is 8.31. The van der Waals surface area contributed by atoms with E-state index in [1.807, 2.05) is 0 Å². The van der Waals surface area contributed by atoms with Gasteiger partial charge in [0.25, 0.3) is 0 Å². The average Bonchev–Trinajstić information content (AvgIpc) is 2.48. The van der Waals surface area contributed by atoms with Gasteiger partial charge in [0.15, 0.2) is 0 Å². The van der Waals surface area contributed by atoms with Gasteiger partial charge in [0.05, 0.1) is 0 Å². The van der Waals surface area contributed by atoms with Crippen molar-refractivity contribution in [2.75, 3.05) is 13.1 Å². The number of unbranched alkanes of at least 4 members (excludes halogenated alkanes) is 6. The molecule has 2 amide bonds. The number of carboxylic acid groups (broad SMARTS) is 1. The minimum atomic E-state index is -1.02. The molecule has 128 valence electrons. The van der Waals surface area contributed by atoms with Crippen molar-refractivity contribution < 1.29 is 19.5 Å². The van der Waals surface area contributed by atoms with Crippen LogP contribution in [0.4, 0.5) is 0 Å². The number of nitrogens with one attached hydrogen (secondary N) is 2. The van der Waals surface area contributed by atoms with Crippen molar-refractivity contribution in [3.8, 4) is 0 Å². The molecule has 0 spiro atoms. The molecule has 0 aliphatic heterocycles. The first kappa shape index (κ1) is 20.4. The third-order valence-corrected chi connectivity index (χ3v) is 3.35. The van der Waals surface area contributed by atoms with E-state index in [2.05, 4.69) is 17.6 Å². The second-order valence-corrected chi connectivity index (χ2v) is 5.50.